The third-order valence-corrected chi connectivity index (χ3v) is 4.19. The smallest absolute Gasteiger partial charge is 0.0828 e. The van der Waals surface area contributed by atoms with Crippen molar-refractivity contribution < 1.29 is 5.32 Å². The van der Waals surface area contributed by atoms with E-state index in [-0.39, 0.29) is 0 Å². The zero-order chi connectivity index (χ0) is 13.5. The molecule has 0 aliphatic carbocycles. The van der Waals surface area contributed by atoms with Crippen molar-refractivity contribution in [2.45, 2.75) is 12.3 Å². The molecule has 3 aromatic rings. The molecule has 1 fully saturated rings. The number of hydrogen-bond acceptors (Lipinski definition) is 2. The maximum Gasteiger partial charge on any atom is 0.0828 e. The maximum atomic E-state index is 4.53. The van der Waals surface area contributed by atoms with Crippen molar-refractivity contribution in [1.29, 1.82) is 0 Å². The lowest BCUT2D eigenvalue weighted by molar-refractivity contribution is -0.636. The van der Waals surface area contributed by atoms with Gasteiger partial charge >= 0.3 is 0 Å². The Morgan fingerprint density at radius 1 is 1.15 bits per heavy atom. The second kappa shape index (κ2) is 4.45. The van der Waals surface area contributed by atoms with E-state index in [1.807, 2.05) is 34.8 Å². The molecule has 2 N–H and O–H groups in total. The van der Waals surface area contributed by atoms with Crippen LogP contribution < -0.4 is 5.32 Å². The molecule has 1 atom stereocenters. The van der Waals surface area contributed by atoms with Crippen LogP contribution in [0.3, 0.4) is 0 Å². The molecule has 3 aromatic heterocycles. The summed E-state index contributed by atoms with van der Waals surface area (Å²) in [5.41, 5.74) is 4.90. The first-order chi connectivity index (χ1) is 9.81. The average Bonchev–Trinajstić information content (AvgIpc) is 3.17. The Morgan fingerprint density at radius 2 is 2.10 bits per heavy atom. The first-order valence-corrected chi connectivity index (χ1v) is 7.09. The van der Waals surface area contributed by atoms with Crippen molar-refractivity contribution in [3.8, 4) is 11.1 Å². The van der Waals surface area contributed by atoms with Gasteiger partial charge in [-0.1, -0.05) is 6.07 Å². The Hall–Kier alpha value is -2.14. The molecule has 0 spiro atoms. The van der Waals surface area contributed by atoms with E-state index in [1.54, 1.807) is 0 Å². The van der Waals surface area contributed by atoms with Crippen LogP contribution in [0.1, 0.15) is 17.9 Å². The SMILES string of the molecule is Cn1cc(-c2ccc3c(C4CC[NH2+]C4)cnn3c2)cn1. The molecule has 0 bridgehead atoms. The van der Waals surface area contributed by atoms with Crippen molar-refractivity contribution in [3.63, 3.8) is 0 Å². The van der Waals surface area contributed by atoms with E-state index in [9.17, 15) is 0 Å². The first-order valence-electron chi connectivity index (χ1n) is 7.09. The van der Waals surface area contributed by atoms with Gasteiger partial charge in [0.25, 0.3) is 0 Å². The van der Waals surface area contributed by atoms with Crippen LogP contribution in [0, 0.1) is 0 Å². The van der Waals surface area contributed by atoms with Crippen LogP contribution in [0.15, 0.2) is 36.9 Å². The van der Waals surface area contributed by atoms with Crippen molar-refractivity contribution in [2.75, 3.05) is 13.1 Å². The Balaban J connectivity index is 1.77. The van der Waals surface area contributed by atoms with Crippen LogP contribution >= 0.6 is 0 Å². The van der Waals surface area contributed by atoms with Gasteiger partial charge in [-0.3, -0.25) is 4.68 Å². The second-order valence-corrected chi connectivity index (χ2v) is 5.55. The van der Waals surface area contributed by atoms with E-state index in [0.29, 0.717) is 5.92 Å². The molecular weight excluding hydrogens is 250 g/mol. The molecule has 20 heavy (non-hydrogen) atoms. The van der Waals surface area contributed by atoms with Crippen LogP contribution in [0.25, 0.3) is 16.6 Å². The predicted octanol–water partition coefficient (Wildman–Crippen LogP) is 0.785. The number of pyridine rings is 1. The topological polar surface area (TPSA) is 51.7 Å². The van der Waals surface area contributed by atoms with Crippen LogP contribution in [0.2, 0.25) is 0 Å². The van der Waals surface area contributed by atoms with E-state index < -0.39 is 0 Å². The van der Waals surface area contributed by atoms with Gasteiger partial charge in [0, 0.05) is 48.5 Å². The molecule has 5 nitrogen and oxygen atoms in total. The summed E-state index contributed by atoms with van der Waals surface area (Å²) in [5.74, 6) is 0.650. The van der Waals surface area contributed by atoms with E-state index in [0.717, 1.165) is 11.1 Å². The van der Waals surface area contributed by atoms with Crippen molar-refractivity contribution >= 4 is 5.52 Å². The van der Waals surface area contributed by atoms with Crippen LogP contribution in [0.5, 0.6) is 0 Å². The maximum absolute atomic E-state index is 4.53. The minimum Gasteiger partial charge on any atom is -0.346 e. The number of nitrogens with zero attached hydrogens (tertiary/aromatic N) is 4. The standard InChI is InChI=1S/C15H17N5/c1-19-9-13(7-17-19)12-2-3-15-14(8-18-20(15)10-12)11-4-5-16-6-11/h2-3,7-11,16H,4-6H2,1H3/p+1. The van der Waals surface area contributed by atoms with Gasteiger partial charge < -0.3 is 5.32 Å². The van der Waals surface area contributed by atoms with Crippen LogP contribution in [-0.2, 0) is 7.05 Å². The highest BCUT2D eigenvalue weighted by atomic mass is 15.2. The quantitative estimate of drug-likeness (QED) is 0.747. The fraction of sp³-hybridized carbons (Fsp3) is 0.333. The summed E-state index contributed by atoms with van der Waals surface area (Å²) in [6.07, 6.45) is 9.29. The lowest BCUT2D eigenvalue weighted by Crippen LogP contribution is -2.81. The van der Waals surface area contributed by atoms with Gasteiger partial charge in [0.1, 0.15) is 0 Å². The largest absolute Gasteiger partial charge is 0.346 e. The third-order valence-electron chi connectivity index (χ3n) is 4.19. The Bertz CT molecular complexity index is 749. The summed E-state index contributed by atoms with van der Waals surface area (Å²) in [5, 5.41) is 11.1. The number of aromatic nitrogens is 4. The van der Waals surface area contributed by atoms with E-state index >= 15 is 0 Å². The van der Waals surface area contributed by atoms with Gasteiger partial charge in [-0.2, -0.15) is 10.2 Å². The summed E-state index contributed by atoms with van der Waals surface area (Å²) in [6.45, 7) is 2.42. The number of nitrogens with two attached hydrogens (primary N) is 1. The lowest BCUT2D eigenvalue weighted by atomic mass is 10.00. The second-order valence-electron chi connectivity index (χ2n) is 5.55. The van der Waals surface area contributed by atoms with Gasteiger partial charge in [0.2, 0.25) is 0 Å². The fourth-order valence-electron chi connectivity index (χ4n) is 3.10. The zero-order valence-corrected chi connectivity index (χ0v) is 11.5. The van der Waals surface area contributed by atoms with Crippen molar-refractivity contribution in [3.05, 3.63) is 42.5 Å². The molecule has 5 heteroatoms. The summed E-state index contributed by atoms with van der Waals surface area (Å²) in [6, 6.07) is 4.35. The highest BCUT2D eigenvalue weighted by Crippen LogP contribution is 2.26. The summed E-state index contributed by atoms with van der Waals surface area (Å²) in [4.78, 5) is 0. The minimum atomic E-state index is 0.650. The molecule has 1 aliphatic rings. The molecule has 1 unspecified atom stereocenters. The zero-order valence-electron chi connectivity index (χ0n) is 11.5. The monoisotopic (exact) mass is 268 g/mol. The van der Waals surface area contributed by atoms with E-state index in [4.69, 9.17) is 0 Å². The number of aryl methyl sites for hydroxylation is 1. The molecule has 4 heterocycles. The third kappa shape index (κ3) is 1.82. The van der Waals surface area contributed by atoms with Crippen molar-refractivity contribution in [1.82, 2.24) is 19.4 Å². The average molecular weight is 268 g/mol. The molecule has 0 radical (unpaired) electrons. The lowest BCUT2D eigenvalue weighted by Gasteiger charge is -2.04. The molecular formula is C15H18N5+. The fourth-order valence-corrected chi connectivity index (χ4v) is 3.10. The highest BCUT2D eigenvalue weighted by molar-refractivity contribution is 5.66. The Labute approximate surface area is 117 Å². The van der Waals surface area contributed by atoms with E-state index in [1.165, 1.54) is 30.6 Å². The molecule has 0 amide bonds. The molecule has 102 valence electrons. The van der Waals surface area contributed by atoms with Gasteiger partial charge in [0.15, 0.2) is 0 Å². The van der Waals surface area contributed by atoms with Crippen LogP contribution in [0.4, 0.5) is 0 Å². The van der Waals surface area contributed by atoms with Gasteiger partial charge in [-0.15, -0.1) is 0 Å². The minimum absolute atomic E-state index is 0.650. The normalized spacial score (nSPS) is 18.9. The summed E-state index contributed by atoms with van der Waals surface area (Å²) < 4.78 is 3.82. The first kappa shape index (κ1) is 11.7. The molecule has 0 saturated carbocycles. The molecule has 0 aromatic carbocycles. The van der Waals surface area contributed by atoms with Crippen molar-refractivity contribution in [2.24, 2.45) is 7.05 Å². The molecule has 1 aliphatic heterocycles. The van der Waals surface area contributed by atoms with Crippen LogP contribution in [-0.4, -0.2) is 32.5 Å². The predicted molar refractivity (Wildman–Crippen MR) is 76.4 cm³/mol. The van der Waals surface area contributed by atoms with Gasteiger partial charge in [-0.05, 0) is 6.07 Å². The molecule has 4 rings (SSSR count). The summed E-state index contributed by atoms with van der Waals surface area (Å²) in [7, 11) is 1.94. The summed E-state index contributed by atoms with van der Waals surface area (Å²) >= 11 is 0. The highest BCUT2D eigenvalue weighted by Gasteiger charge is 2.23. The number of quaternary nitrogens is 1. The Morgan fingerprint density at radius 3 is 2.85 bits per heavy atom. The van der Waals surface area contributed by atoms with Gasteiger partial charge in [0.05, 0.1) is 31.0 Å². The van der Waals surface area contributed by atoms with E-state index in [2.05, 4.69) is 33.8 Å². The molecule has 1 saturated heterocycles. The number of fused-ring (bicyclic) bond motifs is 1. The number of hydrogen-bond donors (Lipinski definition) is 1. The van der Waals surface area contributed by atoms with Gasteiger partial charge in [-0.25, -0.2) is 4.52 Å². The Kier molecular flexibility index (Phi) is 2.60. The number of rotatable bonds is 2.